The average Bonchev–Trinajstić information content (AvgIpc) is 3.32. The van der Waals surface area contributed by atoms with Crippen LogP contribution in [0.4, 0.5) is 0 Å². The molecule has 3 heteroatoms. The molecule has 3 atom stereocenters. The standard InChI is InChI=1S/C24H31BrOS/c1-2-3-4-10-24(26)19-13-11-18(12-14-19)23-17-21(25)16-20(23)7-5-8-22-9-6-15-27-22/h6,9,11-15,17,20-21,24,26H,2-5,7-8,10,16H2,1H3/t20-,21?,24?/m0/s1. The van der Waals surface area contributed by atoms with E-state index in [-0.39, 0.29) is 6.10 Å². The number of aliphatic hydroxyl groups is 1. The predicted molar refractivity (Wildman–Crippen MR) is 122 cm³/mol. The van der Waals surface area contributed by atoms with Crippen LogP contribution in [-0.2, 0) is 6.42 Å². The summed E-state index contributed by atoms with van der Waals surface area (Å²) in [5, 5.41) is 12.6. The Morgan fingerprint density at radius 3 is 2.67 bits per heavy atom. The molecule has 27 heavy (non-hydrogen) atoms. The molecule has 1 aromatic carbocycles. The highest BCUT2D eigenvalue weighted by molar-refractivity contribution is 9.09. The number of unbranched alkanes of at least 4 members (excludes halogenated alkanes) is 2. The third-order valence-corrected chi connectivity index (χ3v) is 7.15. The monoisotopic (exact) mass is 446 g/mol. The van der Waals surface area contributed by atoms with Gasteiger partial charge in [0.15, 0.2) is 0 Å². The summed E-state index contributed by atoms with van der Waals surface area (Å²) in [6.45, 7) is 2.20. The summed E-state index contributed by atoms with van der Waals surface area (Å²) in [6, 6.07) is 13.1. The summed E-state index contributed by atoms with van der Waals surface area (Å²) >= 11 is 5.67. The summed E-state index contributed by atoms with van der Waals surface area (Å²) in [6.07, 6.45) is 11.3. The number of aliphatic hydroxyl groups excluding tert-OH is 1. The lowest BCUT2D eigenvalue weighted by Crippen LogP contribution is -2.02. The van der Waals surface area contributed by atoms with Crippen molar-refractivity contribution in [1.82, 2.24) is 0 Å². The molecule has 0 aliphatic heterocycles. The van der Waals surface area contributed by atoms with Gasteiger partial charge in [0.1, 0.15) is 0 Å². The number of aryl methyl sites for hydroxylation is 1. The van der Waals surface area contributed by atoms with Crippen LogP contribution in [0, 0.1) is 5.92 Å². The number of hydrogen-bond donors (Lipinski definition) is 1. The van der Waals surface area contributed by atoms with Gasteiger partial charge < -0.3 is 5.11 Å². The van der Waals surface area contributed by atoms with E-state index >= 15 is 0 Å². The van der Waals surface area contributed by atoms with Gasteiger partial charge in [-0.05, 0) is 66.2 Å². The Kier molecular flexibility index (Phi) is 8.17. The first-order chi connectivity index (χ1) is 13.2. The van der Waals surface area contributed by atoms with Gasteiger partial charge >= 0.3 is 0 Å². The molecule has 1 N–H and O–H groups in total. The molecule has 1 nitrogen and oxygen atoms in total. The van der Waals surface area contributed by atoms with Gasteiger partial charge in [-0.25, -0.2) is 0 Å². The minimum atomic E-state index is -0.325. The molecule has 0 saturated carbocycles. The number of rotatable bonds is 10. The van der Waals surface area contributed by atoms with Crippen molar-refractivity contribution >= 4 is 32.8 Å². The van der Waals surface area contributed by atoms with Gasteiger partial charge in [0.05, 0.1) is 6.10 Å². The summed E-state index contributed by atoms with van der Waals surface area (Å²) in [5.74, 6) is 0.634. The Morgan fingerprint density at radius 1 is 1.15 bits per heavy atom. The molecule has 3 rings (SSSR count). The molecule has 146 valence electrons. The molecule has 0 radical (unpaired) electrons. The van der Waals surface area contributed by atoms with Gasteiger partial charge in [0, 0.05) is 9.70 Å². The highest BCUT2D eigenvalue weighted by atomic mass is 79.9. The quantitative estimate of drug-likeness (QED) is 0.294. The molecule has 0 spiro atoms. The molecule has 0 bridgehead atoms. The molecule has 2 unspecified atom stereocenters. The van der Waals surface area contributed by atoms with Crippen LogP contribution in [0.1, 0.15) is 74.0 Å². The topological polar surface area (TPSA) is 20.2 Å². The van der Waals surface area contributed by atoms with Crippen molar-refractivity contribution in [3.63, 3.8) is 0 Å². The van der Waals surface area contributed by atoms with Crippen LogP contribution in [0.25, 0.3) is 5.57 Å². The van der Waals surface area contributed by atoms with Crippen molar-refractivity contribution in [3.05, 3.63) is 63.9 Å². The minimum Gasteiger partial charge on any atom is -0.388 e. The summed E-state index contributed by atoms with van der Waals surface area (Å²) < 4.78 is 0. The normalized spacial score (nSPS) is 20.6. The molecule has 1 heterocycles. The second-order valence-electron chi connectivity index (χ2n) is 7.68. The first kappa shape index (κ1) is 20.8. The van der Waals surface area contributed by atoms with E-state index in [4.69, 9.17) is 0 Å². The van der Waals surface area contributed by atoms with E-state index < -0.39 is 0 Å². The van der Waals surface area contributed by atoms with Crippen molar-refractivity contribution in [2.45, 2.75) is 69.2 Å². The van der Waals surface area contributed by atoms with Gasteiger partial charge in [-0.2, -0.15) is 0 Å². The van der Waals surface area contributed by atoms with Gasteiger partial charge in [-0.15, -0.1) is 11.3 Å². The van der Waals surface area contributed by atoms with E-state index in [1.54, 1.807) is 0 Å². The average molecular weight is 447 g/mol. The maximum absolute atomic E-state index is 10.4. The molecular formula is C24H31BrOS. The number of allylic oxidation sites excluding steroid dienone is 2. The molecule has 1 aliphatic rings. The van der Waals surface area contributed by atoms with Crippen LogP contribution in [0.15, 0.2) is 47.9 Å². The number of halogens is 1. The van der Waals surface area contributed by atoms with Crippen LogP contribution in [0.2, 0.25) is 0 Å². The van der Waals surface area contributed by atoms with Crippen molar-refractivity contribution in [3.8, 4) is 0 Å². The number of thiophene rings is 1. The number of benzene rings is 1. The highest BCUT2D eigenvalue weighted by Crippen LogP contribution is 2.40. The van der Waals surface area contributed by atoms with Gasteiger partial charge in [0.25, 0.3) is 0 Å². The number of alkyl halides is 1. The predicted octanol–water partition coefficient (Wildman–Crippen LogP) is 7.55. The second kappa shape index (κ2) is 10.6. The molecule has 2 aromatic rings. The van der Waals surface area contributed by atoms with Crippen LogP contribution in [0.3, 0.4) is 0 Å². The first-order valence-corrected chi connectivity index (χ1v) is 12.1. The maximum Gasteiger partial charge on any atom is 0.0790 e. The van der Waals surface area contributed by atoms with Crippen LogP contribution in [0.5, 0.6) is 0 Å². The van der Waals surface area contributed by atoms with Crippen molar-refractivity contribution in [2.24, 2.45) is 5.92 Å². The fraction of sp³-hybridized carbons (Fsp3) is 0.500. The summed E-state index contributed by atoms with van der Waals surface area (Å²) in [4.78, 5) is 1.98. The van der Waals surface area contributed by atoms with Gasteiger partial charge in [-0.3, -0.25) is 0 Å². The third-order valence-electron chi connectivity index (χ3n) is 5.58. The van der Waals surface area contributed by atoms with E-state index in [0.717, 1.165) is 18.4 Å². The maximum atomic E-state index is 10.4. The van der Waals surface area contributed by atoms with E-state index in [9.17, 15) is 5.11 Å². The molecule has 1 aromatic heterocycles. The summed E-state index contributed by atoms with van der Waals surface area (Å²) in [7, 11) is 0. The van der Waals surface area contributed by atoms with E-state index in [2.05, 4.69) is 70.7 Å². The van der Waals surface area contributed by atoms with Gasteiger partial charge in [-0.1, -0.05) is 78.5 Å². The fourth-order valence-corrected chi connectivity index (χ4v) is 5.52. The lowest BCUT2D eigenvalue weighted by Gasteiger charge is -2.17. The van der Waals surface area contributed by atoms with Crippen molar-refractivity contribution in [2.75, 3.05) is 0 Å². The SMILES string of the molecule is CCCCCC(O)c1ccc(C2=CC(Br)C[C@@H]2CCCc2cccs2)cc1. The van der Waals surface area contributed by atoms with E-state index in [1.165, 1.54) is 54.5 Å². The molecule has 1 aliphatic carbocycles. The zero-order chi connectivity index (χ0) is 19.1. The first-order valence-electron chi connectivity index (χ1n) is 10.3. The Morgan fingerprint density at radius 2 is 1.96 bits per heavy atom. The van der Waals surface area contributed by atoms with Crippen LogP contribution >= 0.6 is 27.3 Å². The lowest BCUT2D eigenvalue weighted by atomic mass is 9.89. The zero-order valence-electron chi connectivity index (χ0n) is 16.2. The molecule has 0 fully saturated rings. The number of hydrogen-bond acceptors (Lipinski definition) is 2. The van der Waals surface area contributed by atoms with E-state index in [1.807, 2.05) is 11.3 Å². The summed E-state index contributed by atoms with van der Waals surface area (Å²) in [5.41, 5.74) is 3.86. The zero-order valence-corrected chi connectivity index (χ0v) is 18.6. The Balaban J connectivity index is 1.58. The van der Waals surface area contributed by atoms with Crippen molar-refractivity contribution in [1.29, 1.82) is 0 Å². The lowest BCUT2D eigenvalue weighted by molar-refractivity contribution is 0.163. The van der Waals surface area contributed by atoms with Gasteiger partial charge in [0.2, 0.25) is 0 Å². The van der Waals surface area contributed by atoms with E-state index in [0.29, 0.717) is 10.7 Å². The van der Waals surface area contributed by atoms with Crippen LogP contribution < -0.4 is 0 Å². The second-order valence-corrected chi connectivity index (χ2v) is 9.88. The highest BCUT2D eigenvalue weighted by Gasteiger charge is 2.25. The Labute approximate surface area is 176 Å². The fourth-order valence-electron chi connectivity index (χ4n) is 4.03. The van der Waals surface area contributed by atoms with Crippen LogP contribution in [-0.4, -0.2) is 9.93 Å². The third kappa shape index (κ3) is 6.04. The Hall–Kier alpha value is -0.900. The van der Waals surface area contributed by atoms with Crippen molar-refractivity contribution < 1.29 is 5.11 Å². The molecule has 0 amide bonds. The largest absolute Gasteiger partial charge is 0.388 e. The molecule has 0 saturated heterocycles. The smallest absolute Gasteiger partial charge is 0.0790 e. The molecular weight excluding hydrogens is 416 g/mol. The minimum absolute atomic E-state index is 0.325. The Bertz CT molecular complexity index is 704.